The van der Waals surface area contributed by atoms with Gasteiger partial charge in [0, 0.05) is 44.1 Å². The van der Waals surface area contributed by atoms with Crippen molar-refractivity contribution < 1.29 is 9.59 Å². The van der Waals surface area contributed by atoms with Crippen LogP contribution in [0.2, 0.25) is 10.0 Å². The average molecular weight is 563 g/mol. The summed E-state index contributed by atoms with van der Waals surface area (Å²) in [5, 5.41) is 15.6. The summed E-state index contributed by atoms with van der Waals surface area (Å²) in [7, 11) is 2.11. The first-order valence-corrected chi connectivity index (χ1v) is 13.5. The van der Waals surface area contributed by atoms with Crippen molar-refractivity contribution in [2.45, 2.75) is 12.8 Å². The molecule has 10 heteroatoms. The maximum atomic E-state index is 13.4. The summed E-state index contributed by atoms with van der Waals surface area (Å²) in [6, 6.07) is 17.3. The Balaban J connectivity index is 1.28. The number of likely N-dealkylation sites (N-methyl/N-ethyl adjacent to an activating group) is 1. The molecule has 2 heterocycles. The van der Waals surface area contributed by atoms with Gasteiger partial charge < -0.3 is 25.3 Å². The van der Waals surface area contributed by atoms with Crippen LogP contribution in [-0.2, 0) is 17.6 Å². The molecule has 200 valence electrons. The van der Waals surface area contributed by atoms with Gasteiger partial charge in [-0.05, 0) is 67.1 Å². The summed E-state index contributed by atoms with van der Waals surface area (Å²) in [5.74, 6) is -0.0357. The molecule has 0 spiro atoms. The number of halogens is 2. The Bertz CT molecular complexity index is 1460. The standard InChI is InChI=1S/C29H28Cl2N6O2/c1-35-9-11-36(12-10-35)27-17-26-21(16-24(27)31)7-8-37(26)28(38)15-19-5-6-23(30)25(14-19)34-29(39)33-22-4-2-3-20(13-22)18-32/h2-6,13-14,16-17H,7-12,15H2,1H3,(H2,33,34,39). The molecular weight excluding hydrogens is 535 g/mol. The van der Waals surface area contributed by atoms with Crippen molar-refractivity contribution in [3.8, 4) is 6.07 Å². The van der Waals surface area contributed by atoms with Crippen molar-refractivity contribution in [2.75, 3.05) is 60.2 Å². The number of hydrogen-bond donors (Lipinski definition) is 2. The number of fused-ring (bicyclic) bond motifs is 1. The van der Waals surface area contributed by atoms with E-state index in [1.54, 1.807) is 42.5 Å². The normalized spacial score (nSPS) is 15.0. The number of amides is 3. The molecule has 8 nitrogen and oxygen atoms in total. The molecule has 0 radical (unpaired) electrons. The molecule has 0 aromatic heterocycles. The van der Waals surface area contributed by atoms with Gasteiger partial charge in [0.25, 0.3) is 0 Å². The van der Waals surface area contributed by atoms with Crippen LogP contribution in [0.5, 0.6) is 0 Å². The van der Waals surface area contributed by atoms with Crippen molar-refractivity contribution in [3.63, 3.8) is 0 Å². The van der Waals surface area contributed by atoms with E-state index in [0.717, 1.165) is 60.1 Å². The molecular formula is C29H28Cl2N6O2. The lowest BCUT2D eigenvalue weighted by Gasteiger charge is -2.35. The van der Waals surface area contributed by atoms with Crippen LogP contribution >= 0.6 is 23.2 Å². The van der Waals surface area contributed by atoms with Gasteiger partial charge in [0.05, 0.1) is 39.5 Å². The van der Waals surface area contributed by atoms with Gasteiger partial charge >= 0.3 is 6.03 Å². The second-order valence-corrected chi connectivity index (χ2v) is 10.6. The fraction of sp³-hybridized carbons (Fsp3) is 0.276. The van der Waals surface area contributed by atoms with Crippen molar-refractivity contribution >= 4 is 57.9 Å². The zero-order chi connectivity index (χ0) is 27.5. The molecule has 5 rings (SSSR count). The van der Waals surface area contributed by atoms with Gasteiger partial charge in [-0.2, -0.15) is 5.26 Å². The zero-order valence-corrected chi connectivity index (χ0v) is 23.0. The largest absolute Gasteiger partial charge is 0.368 e. The molecule has 1 saturated heterocycles. The van der Waals surface area contributed by atoms with E-state index in [2.05, 4.69) is 27.5 Å². The van der Waals surface area contributed by atoms with Crippen LogP contribution in [0, 0.1) is 11.3 Å². The van der Waals surface area contributed by atoms with E-state index in [0.29, 0.717) is 28.5 Å². The third-order valence-electron chi connectivity index (χ3n) is 7.07. The van der Waals surface area contributed by atoms with Crippen LogP contribution in [0.25, 0.3) is 0 Å². The highest BCUT2D eigenvalue weighted by atomic mass is 35.5. The van der Waals surface area contributed by atoms with E-state index in [-0.39, 0.29) is 12.3 Å². The molecule has 3 aromatic rings. The monoisotopic (exact) mass is 562 g/mol. The second kappa shape index (κ2) is 11.5. The average Bonchev–Trinajstić information content (AvgIpc) is 3.33. The van der Waals surface area contributed by atoms with Gasteiger partial charge in [0.1, 0.15) is 0 Å². The molecule has 2 N–H and O–H groups in total. The summed E-state index contributed by atoms with van der Waals surface area (Å²) in [6.07, 6.45) is 0.911. The first kappa shape index (κ1) is 26.8. The second-order valence-electron chi connectivity index (χ2n) is 9.78. The predicted molar refractivity (Wildman–Crippen MR) is 156 cm³/mol. The number of nitrogens with zero attached hydrogens (tertiary/aromatic N) is 4. The number of nitriles is 1. The minimum absolute atomic E-state index is 0.0357. The van der Waals surface area contributed by atoms with E-state index < -0.39 is 6.03 Å². The number of urea groups is 1. The summed E-state index contributed by atoms with van der Waals surface area (Å²) in [6.45, 7) is 4.31. The molecule has 3 aromatic carbocycles. The number of hydrogen-bond acceptors (Lipinski definition) is 5. The van der Waals surface area contributed by atoms with Gasteiger partial charge in [0.15, 0.2) is 0 Å². The molecule has 3 amide bonds. The summed E-state index contributed by atoms with van der Waals surface area (Å²) < 4.78 is 0. The Morgan fingerprint density at radius 2 is 1.72 bits per heavy atom. The Labute approximate surface area is 237 Å². The SMILES string of the molecule is CN1CCN(c2cc3c(cc2Cl)CCN3C(=O)Cc2ccc(Cl)c(NC(=O)Nc3cccc(C#N)c3)c2)CC1. The Morgan fingerprint density at radius 3 is 2.49 bits per heavy atom. The predicted octanol–water partition coefficient (Wildman–Crippen LogP) is 5.39. The van der Waals surface area contributed by atoms with Crippen molar-refractivity contribution in [1.29, 1.82) is 5.26 Å². The van der Waals surface area contributed by atoms with E-state index >= 15 is 0 Å². The third-order valence-corrected chi connectivity index (χ3v) is 7.70. The maximum Gasteiger partial charge on any atom is 0.323 e. The van der Waals surface area contributed by atoms with Gasteiger partial charge in [-0.15, -0.1) is 0 Å². The summed E-state index contributed by atoms with van der Waals surface area (Å²) in [5.41, 5.74) is 4.99. The topological polar surface area (TPSA) is 91.7 Å². The summed E-state index contributed by atoms with van der Waals surface area (Å²) >= 11 is 13.0. The number of anilines is 4. The highest BCUT2D eigenvalue weighted by Crippen LogP contribution is 2.38. The van der Waals surface area contributed by atoms with E-state index in [1.807, 2.05) is 23.1 Å². The van der Waals surface area contributed by atoms with Crippen LogP contribution in [0.15, 0.2) is 54.6 Å². The van der Waals surface area contributed by atoms with E-state index in [1.165, 1.54) is 0 Å². The lowest BCUT2D eigenvalue weighted by molar-refractivity contribution is -0.117. The van der Waals surface area contributed by atoms with Crippen LogP contribution in [0.1, 0.15) is 16.7 Å². The van der Waals surface area contributed by atoms with E-state index in [4.69, 9.17) is 28.5 Å². The molecule has 2 aliphatic rings. The van der Waals surface area contributed by atoms with Crippen LogP contribution in [-0.4, -0.2) is 56.6 Å². The third kappa shape index (κ3) is 6.12. The first-order valence-electron chi connectivity index (χ1n) is 12.7. The van der Waals surface area contributed by atoms with Gasteiger partial charge in [-0.3, -0.25) is 4.79 Å². The Hall–Kier alpha value is -3.77. The van der Waals surface area contributed by atoms with E-state index in [9.17, 15) is 9.59 Å². The molecule has 0 saturated carbocycles. The zero-order valence-electron chi connectivity index (χ0n) is 21.5. The number of carbonyl (C=O) groups is 2. The van der Waals surface area contributed by atoms with Crippen molar-refractivity contribution in [2.24, 2.45) is 0 Å². The number of benzene rings is 3. The van der Waals surface area contributed by atoms with Crippen molar-refractivity contribution in [1.82, 2.24) is 4.90 Å². The molecule has 1 fully saturated rings. The fourth-order valence-corrected chi connectivity index (χ4v) is 5.41. The first-order chi connectivity index (χ1) is 18.8. The quantitative estimate of drug-likeness (QED) is 0.434. The number of carbonyl (C=O) groups excluding carboxylic acids is 2. The number of rotatable bonds is 5. The lowest BCUT2D eigenvalue weighted by atomic mass is 10.1. The van der Waals surface area contributed by atoms with Gasteiger partial charge in [0.2, 0.25) is 5.91 Å². The number of piperazine rings is 1. The molecule has 2 aliphatic heterocycles. The highest BCUT2D eigenvalue weighted by molar-refractivity contribution is 6.34. The minimum Gasteiger partial charge on any atom is -0.368 e. The van der Waals surface area contributed by atoms with Crippen LogP contribution < -0.4 is 20.4 Å². The molecule has 0 aliphatic carbocycles. The highest BCUT2D eigenvalue weighted by Gasteiger charge is 2.28. The summed E-state index contributed by atoms with van der Waals surface area (Å²) in [4.78, 5) is 32.4. The van der Waals surface area contributed by atoms with Crippen molar-refractivity contribution in [3.05, 3.63) is 81.3 Å². The van der Waals surface area contributed by atoms with Gasteiger partial charge in [-0.1, -0.05) is 35.3 Å². The number of nitrogens with one attached hydrogen (secondary N) is 2. The van der Waals surface area contributed by atoms with Crippen LogP contribution in [0.4, 0.5) is 27.5 Å². The molecule has 0 bridgehead atoms. The molecule has 39 heavy (non-hydrogen) atoms. The van der Waals surface area contributed by atoms with Gasteiger partial charge in [-0.25, -0.2) is 4.79 Å². The minimum atomic E-state index is -0.503. The maximum absolute atomic E-state index is 13.4. The Morgan fingerprint density at radius 1 is 0.923 bits per heavy atom. The molecule has 0 unspecified atom stereocenters. The fourth-order valence-electron chi connectivity index (χ4n) is 4.94. The van der Waals surface area contributed by atoms with Crippen LogP contribution in [0.3, 0.4) is 0 Å². The molecule has 0 atom stereocenters. The lowest BCUT2D eigenvalue weighted by Crippen LogP contribution is -2.44. The Kier molecular flexibility index (Phi) is 7.94. The smallest absolute Gasteiger partial charge is 0.323 e.